The molecule has 33 heavy (non-hydrogen) atoms. The number of nitrogens with zero attached hydrogens (tertiary/aromatic N) is 2. The van der Waals surface area contributed by atoms with Crippen molar-refractivity contribution in [3.8, 4) is 22.8 Å². The predicted molar refractivity (Wildman–Crippen MR) is 127 cm³/mol. The van der Waals surface area contributed by atoms with Crippen LogP contribution in [-0.4, -0.2) is 36.7 Å². The number of anilines is 1. The van der Waals surface area contributed by atoms with Crippen LogP contribution in [0.5, 0.6) is 11.5 Å². The number of carbonyl (C=O) groups excluding carboxylic acids is 1. The first-order valence-corrected chi connectivity index (χ1v) is 11.4. The van der Waals surface area contributed by atoms with Crippen molar-refractivity contribution in [3.05, 3.63) is 59.8 Å². The molecule has 0 saturated carbocycles. The predicted octanol–water partition coefficient (Wildman–Crippen LogP) is 5.43. The minimum atomic E-state index is -0.0633. The van der Waals surface area contributed by atoms with Crippen LogP contribution < -0.4 is 14.8 Å². The van der Waals surface area contributed by atoms with E-state index in [1.54, 1.807) is 14.2 Å². The van der Waals surface area contributed by atoms with Crippen LogP contribution in [0.4, 0.5) is 5.69 Å². The zero-order chi connectivity index (χ0) is 23.2. The van der Waals surface area contributed by atoms with Crippen LogP contribution in [0.15, 0.2) is 53.1 Å². The van der Waals surface area contributed by atoms with E-state index in [1.165, 1.54) is 31.7 Å². The average Bonchev–Trinajstić information content (AvgIpc) is 3.20. The molecule has 7 nitrogen and oxygen atoms in total. The molecule has 7 heteroatoms. The van der Waals surface area contributed by atoms with Crippen LogP contribution in [0.25, 0.3) is 11.3 Å². The van der Waals surface area contributed by atoms with E-state index in [2.05, 4.69) is 27.5 Å². The molecule has 0 spiro atoms. The van der Waals surface area contributed by atoms with E-state index in [1.807, 2.05) is 36.4 Å². The van der Waals surface area contributed by atoms with Gasteiger partial charge >= 0.3 is 0 Å². The van der Waals surface area contributed by atoms with Crippen LogP contribution >= 0.6 is 0 Å². The van der Waals surface area contributed by atoms with Gasteiger partial charge < -0.3 is 19.3 Å². The van der Waals surface area contributed by atoms with E-state index in [0.29, 0.717) is 11.5 Å². The van der Waals surface area contributed by atoms with Crippen LogP contribution in [0, 0.1) is 0 Å². The van der Waals surface area contributed by atoms with Gasteiger partial charge in [0.2, 0.25) is 5.91 Å². The van der Waals surface area contributed by atoms with Gasteiger partial charge in [0.15, 0.2) is 17.3 Å². The van der Waals surface area contributed by atoms with Gasteiger partial charge in [-0.2, -0.15) is 0 Å². The Hall–Kier alpha value is -3.32. The van der Waals surface area contributed by atoms with Crippen LogP contribution in [0.3, 0.4) is 0 Å². The molecule has 1 atom stereocenters. The van der Waals surface area contributed by atoms with Crippen LogP contribution in [0.2, 0.25) is 0 Å². The maximum absolute atomic E-state index is 11.3. The van der Waals surface area contributed by atoms with E-state index < -0.39 is 0 Å². The molecule has 1 amide bonds. The quantitative estimate of drug-likeness (QED) is 0.518. The molecular formula is C26H31N3O4. The third-order valence-corrected chi connectivity index (χ3v) is 6.06. The van der Waals surface area contributed by atoms with Gasteiger partial charge in [-0.15, -0.1) is 0 Å². The number of methoxy groups -OCH3 is 2. The zero-order valence-electron chi connectivity index (χ0n) is 19.5. The maximum Gasteiger partial charge on any atom is 0.221 e. The lowest BCUT2D eigenvalue weighted by atomic mass is 10.0. The lowest BCUT2D eigenvalue weighted by Crippen LogP contribution is -2.28. The molecule has 0 radical (unpaired) electrons. The molecule has 4 rings (SSSR count). The zero-order valence-corrected chi connectivity index (χ0v) is 19.5. The highest BCUT2D eigenvalue weighted by atomic mass is 16.5. The summed E-state index contributed by atoms with van der Waals surface area (Å²) in [5, 5.41) is 7.28. The van der Waals surface area contributed by atoms with Gasteiger partial charge in [0.1, 0.15) is 5.69 Å². The standard InChI is InChI=1S/C26H31N3O4/c1-18(30)27-21-11-8-19(9-12-21)17-29-14-6-4-5-7-23(29)22-16-25(33-28-22)20-10-13-24(31-2)26(15-20)32-3/h8-13,15-16,23H,4-7,14,17H2,1-3H3,(H,27,30)/t23-/m1/s1. The Kier molecular flexibility index (Phi) is 7.29. The van der Waals surface area contributed by atoms with Gasteiger partial charge in [-0.1, -0.05) is 30.1 Å². The molecular weight excluding hydrogens is 418 g/mol. The molecule has 1 aromatic heterocycles. The largest absolute Gasteiger partial charge is 0.493 e. The number of benzene rings is 2. The molecule has 1 N–H and O–H groups in total. The van der Waals surface area contributed by atoms with Gasteiger partial charge in [0.05, 0.1) is 20.3 Å². The summed E-state index contributed by atoms with van der Waals surface area (Å²) >= 11 is 0. The van der Waals surface area contributed by atoms with Crippen molar-refractivity contribution < 1.29 is 18.8 Å². The summed E-state index contributed by atoms with van der Waals surface area (Å²) in [6, 6.07) is 16.0. The average molecular weight is 450 g/mol. The minimum absolute atomic E-state index is 0.0633. The van der Waals surface area contributed by atoms with Crippen molar-refractivity contribution in [2.24, 2.45) is 0 Å². The number of amides is 1. The first-order valence-electron chi connectivity index (χ1n) is 11.4. The number of carbonyl (C=O) groups is 1. The fraction of sp³-hybridized carbons (Fsp3) is 0.385. The summed E-state index contributed by atoms with van der Waals surface area (Å²) in [6.07, 6.45) is 4.60. The Bertz CT molecular complexity index is 1080. The molecule has 174 valence electrons. The normalized spacial score (nSPS) is 16.8. The van der Waals surface area contributed by atoms with Crippen molar-refractivity contribution in [3.63, 3.8) is 0 Å². The second kappa shape index (κ2) is 10.5. The monoisotopic (exact) mass is 449 g/mol. The fourth-order valence-corrected chi connectivity index (χ4v) is 4.39. The van der Waals surface area contributed by atoms with Crippen molar-refractivity contribution in [2.75, 3.05) is 26.1 Å². The van der Waals surface area contributed by atoms with Crippen LogP contribution in [0.1, 0.15) is 49.9 Å². The summed E-state index contributed by atoms with van der Waals surface area (Å²) in [6.45, 7) is 3.35. The highest BCUT2D eigenvalue weighted by molar-refractivity contribution is 5.88. The maximum atomic E-state index is 11.3. The van der Waals surface area contributed by atoms with Gasteiger partial charge in [-0.05, 0) is 55.3 Å². The summed E-state index contributed by atoms with van der Waals surface area (Å²) in [4.78, 5) is 13.8. The number of hydrogen-bond acceptors (Lipinski definition) is 6. The van der Waals surface area contributed by atoms with Gasteiger partial charge in [0.25, 0.3) is 0 Å². The molecule has 1 saturated heterocycles. The number of aromatic nitrogens is 1. The van der Waals surface area contributed by atoms with E-state index in [-0.39, 0.29) is 11.9 Å². The van der Waals surface area contributed by atoms with Crippen molar-refractivity contribution >= 4 is 11.6 Å². The SMILES string of the molecule is COc1ccc(-c2cc([C@H]3CCCCCN3Cc3ccc(NC(C)=O)cc3)no2)cc1OC. The smallest absolute Gasteiger partial charge is 0.221 e. The van der Waals surface area contributed by atoms with E-state index in [9.17, 15) is 4.79 Å². The number of rotatable bonds is 7. The first-order chi connectivity index (χ1) is 16.1. The first kappa shape index (κ1) is 22.9. The number of nitrogens with one attached hydrogen (secondary N) is 1. The molecule has 2 heterocycles. The topological polar surface area (TPSA) is 76.8 Å². The summed E-state index contributed by atoms with van der Waals surface area (Å²) in [7, 11) is 3.25. The molecule has 2 aromatic carbocycles. The summed E-state index contributed by atoms with van der Waals surface area (Å²) < 4.78 is 16.5. The molecule has 0 bridgehead atoms. The molecule has 0 aliphatic carbocycles. The van der Waals surface area contributed by atoms with Crippen molar-refractivity contribution in [1.29, 1.82) is 0 Å². The van der Waals surface area contributed by atoms with Gasteiger partial charge in [-0.3, -0.25) is 9.69 Å². The lowest BCUT2D eigenvalue weighted by molar-refractivity contribution is -0.114. The Balaban J connectivity index is 1.54. The summed E-state index contributed by atoms with van der Waals surface area (Å²) in [5.41, 5.74) is 3.88. The number of likely N-dealkylation sites (tertiary alicyclic amines) is 1. The molecule has 0 unspecified atom stereocenters. The highest BCUT2D eigenvalue weighted by Gasteiger charge is 2.26. The Labute approximate surface area is 194 Å². The van der Waals surface area contributed by atoms with Crippen molar-refractivity contribution in [2.45, 2.75) is 45.2 Å². The Morgan fingerprint density at radius 1 is 1.06 bits per heavy atom. The van der Waals surface area contributed by atoms with Crippen LogP contribution in [-0.2, 0) is 11.3 Å². The summed E-state index contributed by atoms with van der Waals surface area (Å²) in [5.74, 6) is 1.99. The minimum Gasteiger partial charge on any atom is -0.493 e. The van der Waals surface area contributed by atoms with Crippen molar-refractivity contribution in [1.82, 2.24) is 10.1 Å². The Morgan fingerprint density at radius 3 is 2.58 bits per heavy atom. The number of hydrogen-bond donors (Lipinski definition) is 1. The highest BCUT2D eigenvalue weighted by Crippen LogP contribution is 2.36. The van der Waals surface area contributed by atoms with E-state index >= 15 is 0 Å². The molecule has 1 aliphatic rings. The molecule has 3 aromatic rings. The second-order valence-corrected chi connectivity index (χ2v) is 8.40. The molecule has 1 aliphatic heterocycles. The third-order valence-electron chi connectivity index (χ3n) is 6.06. The van der Waals surface area contributed by atoms with Gasteiger partial charge in [-0.25, -0.2) is 0 Å². The second-order valence-electron chi connectivity index (χ2n) is 8.40. The molecule has 1 fully saturated rings. The van der Waals surface area contributed by atoms with E-state index in [0.717, 1.165) is 42.2 Å². The van der Waals surface area contributed by atoms with Gasteiger partial charge in [0, 0.05) is 30.8 Å². The third kappa shape index (κ3) is 5.54. The Morgan fingerprint density at radius 2 is 1.85 bits per heavy atom. The number of ether oxygens (including phenoxy) is 2. The van der Waals surface area contributed by atoms with E-state index in [4.69, 9.17) is 14.0 Å². The fourth-order valence-electron chi connectivity index (χ4n) is 4.39. The lowest BCUT2D eigenvalue weighted by Gasteiger charge is -2.28.